The second-order valence-electron chi connectivity index (χ2n) is 3.77. The Morgan fingerprint density at radius 3 is 2.93 bits per heavy atom. The molecular formula is C10H12BrNO2S. The van der Waals surface area contributed by atoms with E-state index in [1.165, 1.54) is 0 Å². The Bertz CT molecular complexity index is 362. The lowest BCUT2D eigenvalue weighted by Gasteiger charge is -2.12. The van der Waals surface area contributed by atoms with E-state index in [0.29, 0.717) is 12.5 Å². The number of carbonyl (C=O) groups is 1. The predicted octanol–water partition coefficient (Wildman–Crippen LogP) is 2.46. The highest BCUT2D eigenvalue weighted by Gasteiger charge is 2.35. The average molecular weight is 290 g/mol. The van der Waals surface area contributed by atoms with Crippen molar-refractivity contribution in [2.45, 2.75) is 25.4 Å². The van der Waals surface area contributed by atoms with E-state index >= 15 is 0 Å². The molecule has 0 bridgehead atoms. The summed E-state index contributed by atoms with van der Waals surface area (Å²) in [6, 6.07) is 1.65. The van der Waals surface area contributed by atoms with Gasteiger partial charge in [0.1, 0.15) is 6.04 Å². The lowest BCUT2D eigenvalue weighted by Crippen LogP contribution is -2.37. The van der Waals surface area contributed by atoms with Gasteiger partial charge in [0.05, 0.1) is 0 Å². The van der Waals surface area contributed by atoms with Crippen molar-refractivity contribution >= 4 is 33.2 Å². The predicted molar refractivity (Wildman–Crippen MR) is 63.0 cm³/mol. The molecule has 1 aliphatic carbocycles. The van der Waals surface area contributed by atoms with E-state index in [0.717, 1.165) is 22.2 Å². The molecule has 1 fully saturated rings. The number of nitrogens with one attached hydrogen (secondary N) is 1. The fourth-order valence-electron chi connectivity index (χ4n) is 1.54. The van der Waals surface area contributed by atoms with Crippen LogP contribution in [0.15, 0.2) is 15.9 Å². The molecule has 0 radical (unpaired) electrons. The van der Waals surface area contributed by atoms with Gasteiger partial charge in [0, 0.05) is 21.3 Å². The van der Waals surface area contributed by atoms with Crippen LogP contribution in [0, 0.1) is 5.92 Å². The zero-order valence-corrected chi connectivity index (χ0v) is 10.5. The lowest BCUT2D eigenvalue weighted by atomic mass is 10.2. The maximum absolute atomic E-state index is 10.9. The second-order valence-corrected chi connectivity index (χ2v) is 5.68. The van der Waals surface area contributed by atoms with Gasteiger partial charge < -0.3 is 5.11 Å². The van der Waals surface area contributed by atoms with E-state index < -0.39 is 5.97 Å². The summed E-state index contributed by atoms with van der Waals surface area (Å²) in [7, 11) is 0. The van der Waals surface area contributed by atoms with Crippen LogP contribution >= 0.6 is 27.3 Å². The molecule has 1 aliphatic rings. The van der Waals surface area contributed by atoms with E-state index in [-0.39, 0.29) is 6.04 Å². The topological polar surface area (TPSA) is 49.3 Å². The zero-order valence-electron chi connectivity index (χ0n) is 8.07. The van der Waals surface area contributed by atoms with Crippen LogP contribution in [0.2, 0.25) is 0 Å². The Hall–Kier alpha value is -0.390. The van der Waals surface area contributed by atoms with Gasteiger partial charge in [-0.15, -0.1) is 11.3 Å². The van der Waals surface area contributed by atoms with E-state index in [1.807, 2.05) is 11.4 Å². The van der Waals surface area contributed by atoms with E-state index in [9.17, 15) is 4.79 Å². The standard InChI is InChI=1S/C10H12BrNO2S/c11-7-3-8(15-5-7)4-12-9(10(13)14)6-1-2-6/h3,5-6,9,12H,1-2,4H2,(H,13,14). The Morgan fingerprint density at radius 1 is 1.73 bits per heavy atom. The molecule has 0 spiro atoms. The van der Waals surface area contributed by atoms with Gasteiger partial charge in [-0.3, -0.25) is 10.1 Å². The molecule has 0 saturated heterocycles. The molecule has 0 aliphatic heterocycles. The number of carboxylic acid groups (broad SMARTS) is 1. The van der Waals surface area contributed by atoms with E-state index in [4.69, 9.17) is 5.11 Å². The zero-order chi connectivity index (χ0) is 10.8. The van der Waals surface area contributed by atoms with Crippen molar-refractivity contribution in [3.8, 4) is 0 Å². The molecule has 15 heavy (non-hydrogen) atoms. The van der Waals surface area contributed by atoms with Crippen LogP contribution in [0.25, 0.3) is 0 Å². The Kier molecular flexibility index (Phi) is 3.43. The van der Waals surface area contributed by atoms with Gasteiger partial charge in [0.25, 0.3) is 0 Å². The third-order valence-electron chi connectivity index (χ3n) is 2.48. The summed E-state index contributed by atoms with van der Waals surface area (Å²) < 4.78 is 1.06. The van der Waals surface area contributed by atoms with Crippen molar-refractivity contribution in [3.05, 3.63) is 20.8 Å². The molecule has 1 saturated carbocycles. The third kappa shape index (κ3) is 3.03. The van der Waals surface area contributed by atoms with Crippen LogP contribution in [0.1, 0.15) is 17.7 Å². The number of aliphatic carboxylic acids is 1. The fourth-order valence-corrected chi connectivity index (χ4v) is 2.94. The molecule has 5 heteroatoms. The Morgan fingerprint density at radius 2 is 2.47 bits per heavy atom. The van der Waals surface area contributed by atoms with Crippen LogP contribution in [-0.4, -0.2) is 17.1 Å². The van der Waals surface area contributed by atoms with Gasteiger partial charge in [0.15, 0.2) is 0 Å². The van der Waals surface area contributed by atoms with Crippen LogP contribution in [-0.2, 0) is 11.3 Å². The minimum atomic E-state index is -0.729. The fraction of sp³-hybridized carbons (Fsp3) is 0.500. The number of hydrogen-bond donors (Lipinski definition) is 2. The molecular weight excluding hydrogens is 278 g/mol. The smallest absolute Gasteiger partial charge is 0.320 e. The van der Waals surface area contributed by atoms with Crippen LogP contribution in [0.4, 0.5) is 0 Å². The van der Waals surface area contributed by atoms with Gasteiger partial charge >= 0.3 is 5.97 Å². The summed E-state index contributed by atoms with van der Waals surface area (Å²) in [6.07, 6.45) is 2.08. The minimum Gasteiger partial charge on any atom is -0.480 e. The van der Waals surface area contributed by atoms with Crippen molar-refractivity contribution in [3.63, 3.8) is 0 Å². The molecule has 0 aromatic carbocycles. The maximum atomic E-state index is 10.9. The molecule has 1 aromatic heterocycles. The molecule has 1 heterocycles. The summed E-state index contributed by atoms with van der Waals surface area (Å²) in [5, 5.41) is 14.1. The number of hydrogen-bond acceptors (Lipinski definition) is 3. The maximum Gasteiger partial charge on any atom is 0.320 e. The van der Waals surface area contributed by atoms with Crippen LogP contribution < -0.4 is 5.32 Å². The number of thiophene rings is 1. The molecule has 0 amide bonds. The first-order valence-corrected chi connectivity index (χ1v) is 6.53. The molecule has 2 rings (SSSR count). The average Bonchev–Trinajstić information content (AvgIpc) is 2.90. The van der Waals surface area contributed by atoms with Gasteiger partial charge in [-0.1, -0.05) is 0 Å². The number of halogens is 1. The highest BCUT2D eigenvalue weighted by Crippen LogP contribution is 2.33. The SMILES string of the molecule is O=C(O)C(NCc1cc(Br)cs1)C1CC1. The van der Waals surface area contributed by atoms with Crippen molar-refractivity contribution < 1.29 is 9.90 Å². The first-order chi connectivity index (χ1) is 7.16. The van der Waals surface area contributed by atoms with Crippen molar-refractivity contribution in [1.82, 2.24) is 5.32 Å². The highest BCUT2D eigenvalue weighted by atomic mass is 79.9. The number of carboxylic acids is 1. The summed E-state index contributed by atoms with van der Waals surface area (Å²) in [6.45, 7) is 0.643. The molecule has 82 valence electrons. The Labute approximate surface area is 101 Å². The monoisotopic (exact) mass is 289 g/mol. The van der Waals surface area contributed by atoms with Gasteiger partial charge in [-0.2, -0.15) is 0 Å². The quantitative estimate of drug-likeness (QED) is 0.876. The van der Waals surface area contributed by atoms with Crippen molar-refractivity contribution in [2.75, 3.05) is 0 Å². The number of rotatable bonds is 5. The van der Waals surface area contributed by atoms with Crippen LogP contribution in [0.5, 0.6) is 0 Å². The van der Waals surface area contributed by atoms with Gasteiger partial charge in [0.2, 0.25) is 0 Å². The van der Waals surface area contributed by atoms with Gasteiger partial charge in [-0.25, -0.2) is 0 Å². The molecule has 2 N–H and O–H groups in total. The summed E-state index contributed by atoms with van der Waals surface area (Å²) in [4.78, 5) is 12.1. The van der Waals surface area contributed by atoms with Gasteiger partial charge in [-0.05, 0) is 40.8 Å². The summed E-state index contributed by atoms with van der Waals surface area (Å²) in [5.41, 5.74) is 0. The minimum absolute atomic E-state index is 0.339. The van der Waals surface area contributed by atoms with Crippen molar-refractivity contribution in [2.24, 2.45) is 5.92 Å². The third-order valence-corrected chi connectivity index (χ3v) is 4.18. The lowest BCUT2D eigenvalue weighted by molar-refractivity contribution is -0.140. The molecule has 1 unspecified atom stereocenters. The highest BCUT2D eigenvalue weighted by molar-refractivity contribution is 9.10. The van der Waals surface area contributed by atoms with E-state index in [1.54, 1.807) is 11.3 Å². The summed E-state index contributed by atoms with van der Waals surface area (Å²) >= 11 is 5.01. The molecule has 3 nitrogen and oxygen atoms in total. The molecule has 1 aromatic rings. The first kappa shape index (κ1) is 11.1. The second kappa shape index (κ2) is 4.63. The Balaban J connectivity index is 1.87. The van der Waals surface area contributed by atoms with Crippen LogP contribution in [0.3, 0.4) is 0 Å². The largest absolute Gasteiger partial charge is 0.480 e. The summed E-state index contributed by atoms with van der Waals surface area (Å²) in [5.74, 6) is -0.390. The van der Waals surface area contributed by atoms with Crippen molar-refractivity contribution in [1.29, 1.82) is 0 Å². The molecule has 1 atom stereocenters. The van der Waals surface area contributed by atoms with E-state index in [2.05, 4.69) is 21.2 Å². The normalized spacial score (nSPS) is 17.7. The first-order valence-electron chi connectivity index (χ1n) is 4.86.